The van der Waals surface area contributed by atoms with Gasteiger partial charge in [0.1, 0.15) is 0 Å². The van der Waals surface area contributed by atoms with E-state index in [4.69, 9.17) is 5.73 Å². The molecule has 0 unspecified atom stereocenters. The number of rotatable bonds is 1. The molecule has 1 aromatic rings. The van der Waals surface area contributed by atoms with Crippen molar-refractivity contribution in [2.45, 2.75) is 17.2 Å². The van der Waals surface area contributed by atoms with E-state index in [2.05, 4.69) is 6.07 Å². The largest absolute Gasteiger partial charge is 0.369 e. The van der Waals surface area contributed by atoms with E-state index < -0.39 is 0 Å². The molecule has 0 saturated heterocycles. The molecule has 1 heterocycles. The van der Waals surface area contributed by atoms with Crippen LogP contribution in [-0.4, -0.2) is 11.7 Å². The average molecular weight is 193 g/mol. The van der Waals surface area contributed by atoms with Crippen LogP contribution in [0.25, 0.3) is 0 Å². The van der Waals surface area contributed by atoms with Gasteiger partial charge in [-0.3, -0.25) is 4.79 Å². The van der Waals surface area contributed by atoms with Crippen molar-refractivity contribution in [3.05, 3.63) is 29.8 Å². The van der Waals surface area contributed by atoms with E-state index in [9.17, 15) is 4.79 Å². The summed E-state index contributed by atoms with van der Waals surface area (Å²) in [4.78, 5) is 12.3. The fourth-order valence-corrected chi connectivity index (χ4v) is 2.76. The number of hydrogen-bond donors (Lipinski definition) is 1. The molecule has 0 aliphatic carbocycles. The van der Waals surface area contributed by atoms with Gasteiger partial charge < -0.3 is 5.73 Å². The molecular formula is C10H11NOS. The van der Waals surface area contributed by atoms with Crippen LogP contribution in [0.15, 0.2) is 29.2 Å². The maximum absolute atomic E-state index is 11.1. The predicted octanol–water partition coefficient (Wildman–Crippen LogP) is 1.75. The highest BCUT2D eigenvalue weighted by molar-refractivity contribution is 7.99. The molecule has 0 bridgehead atoms. The van der Waals surface area contributed by atoms with Gasteiger partial charge in [-0.15, -0.1) is 11.8 Å². The van der Waals surface area contributed by atoms with E-state index in [-0.39, 0.29) is 11.8 Å². The number of benzene rings is 1. The van der Waals surface area contributed by atoms with Crippen molar-refractivity contribution in [2.75, 3.05) is 5.75 Å². The predicted molar refractivity (Wildman–Crippen MR) is 53.7 cm³/mol. The summed E-state index contributed by atoms with van der Waals surface area (Å²) in [5.74, 6) is 0.718. The van der Waals surface area contributed by atoms with Gasteiger partial charge >= 0.3 is 0 Å². The normalized spacial score (nSPS) is 20.8. The minimum Gasteiger partial charge on any atom is -0.369 e. The molecule has 13 heavy (non-hydrogen) atoms. The summed E-state index contributed by atoms with van der Waals surface area (Å²) < 4.78 is 0. The SMILES string of the molecule is NC(=O)[C@H]1CCSc2ccccc21. The summed E-state index contributed by atoms with van der Waals surface area (Å²) in [5.41, 5.74) is 6.44. The van der Waals surface area contributed by atoms with Crippen molar-refractivity contribution in [3.8, 4) is 0 Å². The van der Waals surface area contributed by atoms with Crippen LogP contribution in [0.1, 0.15) is 17.9 Å². The molecule has 1 aromatic carbocycles. The number of primary amides is 1. The maximum Gasteiger partial charge on any atom is 0.225 e. The van der Waals surface area contributed by atoms with Gasteiger partial charge in [-0.05, 0) is 23.8 Å². The zero-order valence-electron chi connectivity index (χ0n) is 7.19. The first-order chi connectivity index (χ1) is 6.29. The van der Waals surface area contributed by atoms with Crippen LogP contribution < -0.4 is 5.73 Å². The van der Waals surface area contributed by atoms with Gasteiger partial charge in [0.25, 0.3) is 0 Å². The average Bonchev–Trinajstić information content (AvgIpc) is 2.17. The summed E-state index contributed by atoms with van der Waals surface area (Å²) in [6.45, 7) is 0. The molecule has 68 valence electrons. The minimum atomic E-state index is -0.201. The molecule has 2 rings (SSSR count). The van der Waals surface area contributed by atoms with Crippen LogP contribution in [0, 0.1) is 0 Å². The number of nitrogens with two attached hydrogens (primary N) is 1. The Morgan fingerprint density at radius 1 is 1.46 bits per heavy atom. The number of carbonyl (C=O) groups excluding carboxylic acids is 1. The van der Waals surface area contributed by atoms with Crippen molar-refractivity contribution >= 4 is 17.7 Å². The third kappa shape index (κ3) is 1.56. The van der Waals surface area contributed by atoms with E-state index in [1.165, 1.54) is 4.90 Å². The van der Waals surface area contributed by atoms with Gasteiger partial charge in [-0.25, -0.2) is 0 Å². The highest BCUT2D eigenvalue weighted by Crippen LogP contribution is 2.36. The summed E-state index contributed by atoms with van der Waals surface area (Å²) in [6.07, 6.45) is 0.872. The second kappa shape index (κ2) is 3.42. The summed E-state index contributed by atoms with van der Waals surface area (Å²) in [7, 11) is 0. The molecule has 1 aliphatic rings. The maximum atomic E-state index is 11.1. The number of carbonyl (C=O) groups is 1. The third-order valence-electron chi connectivity index (χ3n) is 2.30. The van der Waals surface area contributed by atoms with Gasteiger partial charge in [-0.2, -0.15) is 0 Å². The Balaban J connectivity index is 2.42. The smallest absolute Gasteiger partial charge is 0.225 e. The number of hydrogen-bond acceptors (Lipinski definition) is 2. The Bertz CT molecular complexity index is 337. The molecule has 3 heteroatoms. The highest BCUT2D eigenvalue weighted by Gasteiger charge is 2.24. The lowest BCUT2D eigenvalue weighted by molar-refractivity contribution is -0.119. The van der Waals surface area contributed by atoms with Crippen LogP contribution in [0.2, 0.25) is 0 Å². The van der Waals surface area contributed by atoms with Crippen molar-refractivity contribution in [3.63, 3.8) is 0 Å². The molecule has 0 fully saturated rings. The van der Waals surface area contributed by atoms with E-state index in [0.717, 1.165) is 17.7 Å². The fraction of sp³-hybridized carbons (Fsp3) is 0.300. The van der Waals surface area contributed by atoms with Gasteiger partial charge in [0.2, 0.25) is 5.91 Å². The number of thioether (sulfide) groups is 1. The Labute approximate surface area is 81.5 Å². The first-order valence-electron chi connectivity index (χ1n) is 4.30. The fourth-order valence-electron chi connectivity index (χ4n) is 1.64. The van der Waals surface area contributed by atoms with Gasteiger partial charge in [0.05, 0.1) is 5.92 Å². The van der Waals surface area contributed by atoms with Crippen LogP contribution in [-0.2, 0) is 4.79 Å². The molecule has 0 aromatic heterocycles. The second-order valence-electron chi connectivity index (χ2n) is 3.13. The van der Waals surface area contributed by atoms with E-state index in [1.807, 2.05) is 18.2 Å². The quantitative estimate of drug-likeness (QED) is 0.738. The lowest BCUT2D eigenvalue weighted by Gasteiger charge is -2.21. The van der Waals surface area contributed by atoms with Crippen molar-refractivity contribution in [1.82, 2.24) is 0 Å². The van der Waals surface area contributed by atoms with Crippen LogP contribution >= 0.6 is 11.8 Å². The summed E-state index contributed by atoms with van der Waals surface area (Å²) in [6, 6.07) is 8.00. The molecule has 0 saturated carbocycles. The zero-order chi connectivity index (χ0) is 9.26. The Hall–Kier alpha value is -0.960. The molecule has 1 atom stereocenters. The minimum absolute atomic E-state index is 0.0718. The van der Waals surface area contributed by atoms with Crippen molar-refractivity contribution < 1.29 is 4.79 Å². The second-order valence-corrected chi connectivity index (χ2v) is 4.27. The molecular weight excluding hydrogens is 182 g/mol. The van der Waals surface area contributed by atoms with Crippen molar-refractivity contribution in [2.24, 2.45) is 5.73 Å². The summed E-state index contributed by atoms with van der Waals surface area (Å²) >= 11 is 1.80. The zero-order valence-corrected chi connectivity index (χ0v) is 8.01. The van der Waals surface area contributed by atoms with Crippen LogP contribution in [0.4, 0.5) is 0 Å². The third-order valence-corrected chi connectivity index (χ3v) is 3.42. The standard InChI is InChI=1S/C10H11NOS/c11-10(12)8-5-6-13-9-4-2-1-3-7(8)9/h1-4,8H,5-6H2,(H2,11,12)/t8-/m0/s1. The molecule has 0 spiro atoms. The number of fused-ring (bicyclic) bond motifs is 1. The topological polar surface area (TPSA) is 43.1 Å². The Kier molecular flexibility index (Phi) is 2.27. The van der Waals surface area contributed by atoms with E-state index in [1.54, 1.807) is 11.8 Å². The highest BCUT2D eigenvalue weighted by atomic mass is 32.2. The monoisotopic (exact) mass is 193 g/mol. The van der Waals surface area contributed by atoms with E-state index >= 15 is 0 Å². The van der Waals surface area contributed by atoms with Crippen molar-refractivity contribution in [1.29, 1.82) is 0 Å². The van der Waals surface area contributed by atoms with Crippen LogP contribution in [0.3, 0.4) is 0 Å². The first kappa shape index (κ1) is 8.63. The molecule has 2 nitrogen and oxygen atoms in total. The Morgan fingerprint density at radius 2 is 2.23 bits per heavy atom. The van der Waals surface area contributed by atoms with Crippen LogP contribution in [0.5, 0.6) is 0 Å². The molecule has 1 amide bonds. The number of amides is 1. The molecule has 2 N–H and O–H groups in total. The summed E-state index contributed by atoms with van der Waals surface area (Å²) in [5, 5.41) is 0. The molecule has 1 aliphatic heterocycles. The Morgan fingerprint density at radius 3 is 3.00 bits per heavy atom. The molecule has 0 radical (unpaired) electrons. The lowest BCUT2D eigenvalue weighted by atomic mass is 9.95. The van der Waals surface area contributed by atoms with Gasteiger partial charge in [0, 0.05) is 4.90 Å². The van der Waals surface area contributed by atoms with E-state index in [0.29, 0.717) is 0 Å². The first-order valence-corrected chi connectivity index (χ1v) is 5.28. The van der Waals surface area contributed by atoms with Gasteiger partial charge in [0.15, 0.2) is 0 Å². The van der Waals surface area contributed by atoms with Gasteiger partial charge in [-0.1, -0.05) is 18.2 Å². The lowest BCUT2D eigenvalue weighted by Crippen LogP contribution is -2.24.